The van der Waals surface area contributed by atoms with E-state index in [9.17, 15) is 14.4 Å². The van der Waals surface area contributed by atoms with Gasteiger partial charge in [-0.15, -0.1) is 0 Å². The fraction of sp³-hybridized carbons (Fsp3) is 0.357. The number of nitrogens with zero attached hydrogens (tertiary/aromatic N) is 3. The van der Waals surface area contributed by atoms with Gasteiger partial charge in [-0.3, -0.25) is 19.3 Å². The maximum Gasteiger partial charge on any atom is 0.273 e. The Hall–Kier alpha value is -3.92. The lowest BCUT2D eigenvalue weighted by Gasteiger charge is -2.33. The molecule has 0 spiro atoms. The summed E-state index contributed by atoms with van der Waals surface area (Å²) in [5, 5.41) is 3.18. The maximum absolute atomic E-state index is 14.2. The number of aryl methyl sites for hydroxylation is 2. The van der Waals surface area contributed by atoms with Gasteiger partial charge in [-0.05, 0) is 79.2 Å². The largest absolute Gasteiger partial charge is 0.395 e. The fourth-order valence-corrected chi connectivity index (χ4v) is 5.68. The Morgan fingerprint density at radius 3 is 2.13 bits per heavy atom. The zero-order valence-electron chi connectivity index (χ0n) is 22.2. The van der Waals surface area contributed by atoms with Crippen LogP contribution in [0, 0.1) is 13.8 Å². The highest BCUT2D eigenvalue weighted by Crippen LogP contribution is 2.35. The second kappa shape index (κ2) is 11.2. The standard InChI is InChI=1S/C28H34N6O3S/c1-16-13-17(2)15-21(14-16)34(28(37)25-22(29)23(26(30)35)32-38-25)24(27(36)31-19-7-5-6-8-19)18-9-11-20(12-10-18)33(3)4/h9-15,19,24H,5-8,29H2,1-4H3,(H2,30,35)(H,31,36)/t24-/m0/s1. The molecule has 2 aromatic carbocycles. The molecule has 1 aliphatic carbocycles. The first-order valence-corrected chi connectivity index (χ1v) is 13.4. The number of primary amides is 1. The SMILES string of the molecule is Cc1cc(C)cc(N(C(=O)c2snc(C(N)=O)c2N)[C@H](C(=O)NC2CCCC2)c2ccc(N(C)C)cc2)c1. The third kappa shape index (κ3) is 5.65. The first kappa shape index (κ1) is 27.1. The molecule has 0 radical (unpaired) electrons. The molecule has 0 saturated heterocycles. The van der Waals surface area contributed by atoms with E-state index in [2.05, 4.69) is 9.69 Å². The van der Waals surface area contributed by atoms with Gasteiger partial charge in [-0.1, -0.05) is 31.0 Å². The van der Waals surface area contributed by atoms with Gasteiger partial charge in [0.25, 0.3) is 11.8 Å². The number of amides is 3. The Morgan fingerprint density at radius 1 is 1.00 bits per heavy atom. The minimum atomic E-state index is -0.987. The van der Waals surface area contributed by atoms with Crippen molar-refractivity contribution >= 4 is 46.3 Å². The van der Waals surface area contributed by atoms with E-state index in [4.69, 9.17) is 11.5 Å². The molecule has 3 amide bonds. The van der Waals surface area contributed by atoms with Crippen molar-refractivity contribution in [3.8, 4) is 0 Å². The topological polar surface area (TPSA) is 135 Å². The van der Waals surface area contributed by atoms with Crippen LogP contribution in [0.2, 0.25) is 0 Å². The molecule has 1 heterocycles. The molecule has 1 saturated carbocycles. The maximum atomic E-state index is 14.2. The first-order chi connectivity index (χ1) is 18.1. The van der Waals surface area contributed by atoms with Gasteiger partial charge in [0.1, 0.15) is 10.9 Å². The number of benzene rings is 2. The van der Waals surface area contributed by atoms with Crippen molar-refractivity contribution in [3.05, 3.63) is 69.7 Å². The number of aromatic nitrogens is 1. The van der Waals surface area contributed by atoms with Crippen LogP contribution >= 0.6 is 11.5 Å². The minimum absolute atomic E-state index is 0.0529. The van der Waals surface area contributed by atoms with Crippen LogP contribution in [-0.2, 0) is 4.79 Å². The van der Waals surface area contributed by atoms with Crippen molar-refractivity contribution < 1.29 is 14.4 Å². The molecular formula is C28H34N6O3S. The Kier molecular flexibility index (Phi) is 8.01. The van der Waals surface area contributed by atoms with Crippen LogP contribution in [0.1, 0.15) is 68.6 Å². The number of hydrogen-bond donors (Lipinski definition) is 3. The van der Waals surface area contributed by atoms with Crippen LogP contribution in [0.5, 0.6) is 0 Å². The highest BCUT2D eigenvalue weighted by Gasteiger charge is 2.37. The molecule has 3 aromatic rings. The molecule has 0 unspecified atom stereocenters. The first-order valence-electron chi connectivity index (χ1n) is 12.6. The molecule has 10 heteroatoms. The lowest BCUT2D eigenvalue weighted by Crippen LogP contribution is -2.46. The van der Waals surface area contributed by atoms with Gasteiger partial charge < -0.3 is 21.7 Å². The molecule has 4 rings (SSSR count). The number of nitrogens with one attached hydrogen (secondary N) is 1. The summed E-state index contributed by atoms with van der Waals surface area (Å²) in [5.74, 6) is -1.62. The highest BCUT2D eigenvalue weighted by atomic mass is 32.1. The van der Waals surface area contributed by atoms with E-state index in [1.54, 1.807) is 0 Å². The van der Waals surface area contributed by atoms with Crippen molar-refractivity contribution in [1.82, 2.24) is 9.69 Å². The van der Waals surface area contributed by atoms with Crippen LogP contribution in [0.4, 0.5) is 17.1 Å². The molecule has 9 nitrogen and oxygen atoms in total. The van der Waals surface area contributed by atoms with Crippen molar-refractivity contribution in [1.29, 1.82) is 0 Å². The van der Waals surface area contributed by atoms with E-state index >= 15 is 0 Å². The molecule has 1 aromatic heterocycles. The van der Waals surface area contributed by atoms with Gasteiger partial charge in [0.2, 0.25) is 5.91 Å². The van der Waals surface area contributed by atoms with Crippen LogP contribution in [0.25, 0.3) is 0 Å². The summed E-state index contributed by atoms with van der Waals surface area (Å²) in [5.41, 5.74) is 15.4. The van der Waals surface area contributed by atoms with E-state index in [1.165, 1.54) is 4.90 Å². The van der Waals surface area contributed by atoms with E-state index in [0.29, 0.717) is 11.3 Å². The van der Waals surface area contributed by atoms with Crippen molar-refractivity contribution in [2.45, 2.75) is 51.6 Å². The van der Waals surface area contributed by atoms with Gasteiger partial charge in [0, 0.05) is 31.5 Å². The van der Waals surface area contributed by atoms with Crippen LogP contribution in [0.3, 0.4) is 0 Å². The predicted molar refractivity (Wildman–Crippen MR) is 152 cm³/mol. The Bertz CT molecular complexity index is 1320. The lowest BCUT2D eigenvalue weighted by molar-refractivity contribution is -0.123. The number of rotatable bonds is 8. The molecule has 38 heavy (non-hydrogen) atoms. The zero-order valence-corrected chi connectivity index (χ0v) is 23.0. The number of nitrogens with two attached hydrogens (primary N) is 2. The number of carbonyl (C=O) groups is 3. The molecule has 1 fully saturated rings. The monoisotopic (exact) mass is 534 g/mol. The summed E-state index contributed by atoms with van der Waals surface area (Å²) in [7, 11) is 3.88. The quantitative estimate of drug-likeness (QED) is 0.401. The Balaban J connectivity index is 1.88. The van der Waals surface area contributed by atoms with E-state index < -0.39 is 17.9 Å². The second-order valence-corrected chi connectivity index (χ2v) is 10.8. The average Bonchev–Trinajstić information content (AvgIpc) is 3.51. The van der Waals surface area contributed by atoms with Crippen LogP contribution in [0.15, 0.2) is 42.5 Å². The van der Waals surface area contributed by atoms with Gasteiger partial charge in [0.15, 0.2) is 5.69 Å². The summed E-state index contributed by atoms with van der Waals surface area (Å²) in [6.07, 6.45) is 3.92. The Morgan fingerprint density at radius 2 is 1.61 bits per heavy atom. The molecule has 0 aliphatic heterocycles. The van der Waals surface area contributed by atoms with E-state index in [1.807, 2.05) is 75.3 Å². The van der Waals surface area contributed by atoms with E-state index in [-0.39, 0.29) is 28.2 Å². The summed E-state index contributed by atoms with van der Waals surface area (Å²) < 4.78 is 4.03. The third-order valence-corrected chi connectivity index (χ3v) is 7.64. The summed E-state index contributed by atoms with van der Waals surface area (Å²) >= 11 is 0.802. The third-order valence-electron chi connectivity index (χ3n) is 6.79. The van der Waals surface area contributed by atoms with Gasteiger partial charge >= 0.3 is 0 Å². The lowest BCUT2D eigenvalue weighted by atomic mass is 10.00. The molecule has 5 N–H and O–H groups in total. The zero-order chi connectivity index (χ0) is 27.6. The Labute approximate surface area is 227 Å². The summed E-state index contributed by atoms with van der Waals surface area (Å²) in [4.78, 5) is 43.5. The van der Waals surface area contributed by atoms with Gasteiger partial charge in [-0.2, -0.15) is 4.37 Å². The highest BCUT2D eigenvalue weighted by molar-refractivity contribution is 7.09. The number of carbonyl (C=O) groups excluding carboxylic acids is 3. The molecule has 1 atom stereocenters. The minimum Gasteiger partial charge on any atom is -0.395 e. The van der Waals surface area contributed by atoms with Gasteiger partial charge in [-0.25, -0.2) is 0 Å². The molecule has 200 valence electrons. The fourth-order valence-electron chi connectivity index (χ4n) is 4.93. The average molecular weight is 535 g/mol. The number of hydrogen-bond acceptors (Lipinski definition) is 7. The molecular weight excluding hydrogens is 500 g/mol. The number of anilines is 3. The normalized spacial score (nSPS) is 14.2. The van der Waals surface area contributed by atoms with Gasteiger partial charge in [0.05, 0.1) is 5.69 Å². The molecule has 0 bridgehead atoms. The van der Waals surface area contributed by atoms with Crippen LogP contribution < -0.4 is 26.6 Å². The predicted octanol–water partition coefficient (Wildman–Crippen LogP) is 3.95. The number of nitrogen functional groups attached to an aromatic ring is 1. The van der Waals surface area contributed by atoms with Crippen molar-refractivity contribution in [2.24, 2.45) is 5.73 Å². The van der Waals surface area contributed by atoms with Crippen LogP contribution in [-0.4, -0.2) is 42.2 Å². The van der Waals surface area contributed by atoms with E-state index in [0.717, 1.165) is 54.0 Å². The van der Waals surface area contributed by atoms with Crippen molar-refractivity contribution in [3.63, 3.8) is 0 Å². The van der Waals surface area contributed by atoms with Crippen molar-refractivity contribution in [2.75, 3.05) is 29.6 Å². The summed E-state index contributed by atoms with van der Waals surface area (Å²) in [6.45, 7) is 3.87. The molecule has 1 aliphatic rings. The second-order valence-electron chi connectivity index (χ2n) is 10.0. The summed E-state index contributed by atoms with van der Waals surface area (Å²) in [6, 6.07) is 12.4. The smallest absolute Gasteiger partial charge is 0.273 e.